The summed E-state index contributed by atoms with van der Waals surface area (Å²) in [5.74, 6) is 0. The van der Waals surface area contributed by atoms with Crippen molar-refractivity contribution >= 4 is 0 Å². The molecule has 0 aliphatic carbocycles. The highest BCUT2D eigenvalue weighted by Crippen LogP contribution is 2.16. The Kier molecular flexibility index (Phi) is 19.7. The van der Waals surface area contributed by atoms with E-state index in [1.165, 1.54) is 0 Å². The third kappa shape index (κ3) is 18.4. The van der Waals surface area contributed by atoms with Crippen molar-refractivity contribution in [3.63, 3.8) is 0 Å². The molecule has 0 saturated carbocycles. The Balaban J connectivity index is -0.000000218. The Morgan fingerprint density at radius 2 is 1.54 bits per heavy atom. The minimum atomic E-state index is -0.164. The van der Waals surface area contributed by atoms with Crippen molar-refractivity contribution in [2.75, 3.05) is 13.6 Å². The van der Waals surface area contributed by atoms with Crippen LogP contribution in [0.5, 0.6) is 0 Å². The van der Waals surface area contributed by atoms with Crippen LogP contribution in [0.25, 0.3) is 0 Å². The van der Waals surface area contributed by atoms with Gasteiger partial charge in [-0.25, -0.2) is 0 Å². The highest BCUT2D eigenvalue weighted by molar-refractivity contribution is 4.91. The fraction of sp³-hybridized carbons (Fsp3) is 0.909. The molecule has 0 bridgehead atoms. The van der Waals surface area contributed by atoms with Crippen LogP contribution < -0.4 is 5.32 Å². The van der Waals surface area contributed by atoms with Crippen LogP contribution in [0, 0.1) is 16.7 Å². The van der Waals surface area contributed by atoms with E-state index in [-0.39, 0.29) is 5.41 Å². The van der Waals surface area contributed by atoms with E-state index < -0.39 is 0 Å². The number of nitrogens with one attached hydrogen (secondary N) is 1. The lowest BCUT2D eigenvalue weighted by atomic mass is 9.92. The lowest BCUT2D eigenvalue weighted by Crippen LogP contribution is -2.17. The Hall–Kier alpha value is -0.550. The molecule has 13 heavy (non-hydrogen) atoms. The standard InChI is InChI=1S/C7H14N2.2C2H6/c1-7(2,6-8)4-5-9-3;2*1-2/h9H,4-5H2,1-3H3;2*1-2H3. The molecule has 0 unspecified atom stereocenters. The van der Waals surface area contributed by atoms with Gasteiger partial charge in [-0.15, -0.1) is 0 Å². The van der Waals surface area contributed by atoms with Crippen molar-refractivity contribution in [2.24, 2.45) is 5.41 Å². The first-order valence-electron chi connectivity index (χ1n) is 5.18. The largest absolute Gasteiger partial charge is 0.320 e. The quantitative estimate of drug-likeness (QED) is 0.734. The first kappa shape index (κ1) is 18.3. The number of nitrogens with zero attached hydrogens (tertiary/aromatic N) is 1. The summed E-state index contributed by atoms with van der Waals surface area (Å²) in [7, 11) is 1.90. The monoisotopic (exact) mass is 186 g/mol. The van der Waals surface area contributed by atoms with Gasteiger partial charge in [-0.3, -0.25) is 0 Å². The van der Waals surface area contributed by atoms with Crippen molar-refractivity contribution in [3.8, 4) is 6.07 Å². The summed E-state index contributed by atoms with van der Waals surface area (Å²) in [6.07, 6.45) is 0.917. The summed E-state index contributed by atoms with van der Waals surface area (Å²) < 4.78 is 0. The van der Waals surface area contributed by atoms with E-state index in [2.05, 4.69) is 11.4 Å². The van der Waals surface area contributed by atoms with Gasteiger partial charge in [0.05, 0.1) is 11.5 Å². The molecular weight excluding hydrogens is 160 g/mol. The third-order valence-corrected chi connectivity index (χ3v) is 1.30. The second-order valence-corrected chi connectivity index (χ2v) is 2.85. The highest BCUT2D eigenvalue weighted by atomic mass is 14.8. The summed E-state index contributed by atoms with van der Waals surface area (Å²) in [4.78, 5) is 0. The van der Waals surface area contributed by atoms with Gasteiger partial charge in [-0.1, -0.05) is 27.7 Å². The Morgan fingerprint density at radius 1 is 1.15 bits per heavy atom. The normalized spacial score (nSPS) is 8.46. The van der Waals surface area contributed by atoms with Gasteiger partial charge in [-0.2, -0.15) is 5.26 Å². The maximum absolute atomic E-state index is 8.54. The first-order valence-corrected chi connectivity index (χ1v) is 5.18. The van der Waals surface area contributed by atoms with E-state index >= 15 is 0 Å². The van der Waals surface area contributed by atoms with E-state index in [9.17, 15) is 0 Å². The molecule has 0 aliphatic heterocycles. The predicted molar refractivity (Wildman–Crippen MR) is 60.6 cm³/mol. The van der Waals surface area contributed by atoms with Gasteiger partial charge in [0.25, 0.3) is 0 Å². The van der Waals surface area contributed by atoms with Crippen molar-refractivity contribution < 1.29 is 0 Å². The molecule has 1 N–H and O–H groups in total. The molecule has 0 aromatic rings. The third-order valence-electron chi connectivity index (χ3n) is 1.30. The van der Waals surface area contributed by atoms with E-state index in [4.69, 9.17) is 5.26 Å². The zero-order chi connectivity index (χ0) is 11.3. The molecule has 0 aromatic heterocycles. The molecule has 2 nitrogen and oxygen atoms in total. The molecule has 2 heteroatoms. The van der Waals surface area contributed by atoms with Crippen LogP contribution in [0.3, 0.4) is 0 Å². The number of nitriles is 1. The lowest BCUT2D eigenvalue weighted by Gasteiger charge is -2.13. The van der Waals surface area contributed by atoms with Crippen molar-refractivity contribution in [1.29, 1.82) is 5.26 Å². The van der Waals surface area contributed by atoms with Gasteiger partial charge < -0.3 is 5.32 Å². The van der Waals surface area contributed by atoms with Gasteiger partial charge >= 0.3 is 0 Å². The highest BCUT2D eigenvalue weighted by Gasteiger charge is 2.14. The Morgan fingerprint density at radius 3 is 1.77 bits per heavy atom. The topological polar surface area (TPSA) is 35.8 Å². The minimum absolute atomic E-state index is 0.164. The molecule has 0 heterocycles. The van der Waals surface area contributed by atoms with Crippen LogP contribution >= 0.6 is 0 Å². The zero-order valence-electron chi connectivity index (χ0n) is 10.4. The first-order chi connectivity index (χ1) is 6.12. The van der Waals surface area contributed by atoms with Crippen molar-refractivity contribution in [2.45, 2.75) is 48.0 Å². The molecule has 0 fully saturated rings. The molecule has 80 valence electrons. The molecular formula is C11H26N2. The lowest BCUT2D eigenvalue weighted by molar-refractivity contribution is 0.443. The van der Waals surface area contributed by atoms with Gasteiger partial charge in [0.2, 0.25) is 0 Å². The maximum atomic E-state index is 8.54. The van der Waals surface area contributed by atoms with E-state index in [1.54, 1.807) is 0 Å². The van der Waals surface area contributed by atoms with Gasteiger partial charge in [0.15, 0.2) is 0 Å². The minimum Gasteiger partial charge on any atom is -0.320 e. The molecule has 0 aliphatic rings. The molecule has 0 radical (unpaired) electrons. The maximum Gasteiger partial charge on any atom is 0.0684 e. The second-order valence-electron chi connectivity index (χ2n) is 2.85. The number of rotatable bonds is 3. The molecule has 0 spiro atoms. The summed E-state index contributed by atoms with van der Waals surface area (Å²) in [6.45, 7) is 12.8. The average Bonchev–Trinajstić information content (AvgIpc) is 2.21. The fourth-order valence-corrected chi connectivity index (χ4v) is 0.493. The van der Waals surface area contributed by atoms with E-state index in [1.807, 2.05) is 48.6 Å². The van der Waals surface area contributed by atoms with Crippen LogP contribution in [-0.4, -0.2) is 13.6 Å². The zero-order valence-corrected chi connectivity index (χ0v) is 10.4. The molecule has 0 aromatic carbocycles. The molecule has 0 atom stereocenters. The Bertz CT molecular complexity index is 112. The number of hydrogen-bond donors (Lipinski definition) is 1. The molecule has 0 amide bonds. The number of hydrogen-bond acceptors (Lipinski definition) is 2. The average molecular weight is 186 g/mol. The van der Waals surface area contributed by atoms with Crippen LogP contribution in [0.15, 0.2) is 0 Å². The summed E-state index contributed by atoms with van der Waals surface area (Å²) in [5, 5.41) is 11.5. The van der Waals surface area contributed by atoms with E-state index in [0.717, 1.165) is 13.0 Å². The SMILES string of the molecule is CC.CC.CNCCC(C)(C)C#N. The van der Waals surface area contributed by atoms with Gasteiger partial charge in [0.1, 0.15) is 0 Å². The predicted octanol–water partition coefficient (Wildman–Crippen LogP) is 3.20. The van der Waals surface area contributed by atoms with Gasteiger partial charge in [-0.05, 0) is 33.9 Å². The molecule has 0 saturated heterocycles. The second kappa shape index (κ2) is 14.0. The van der Waals surface area contributed by atoms with Crippen LogP contribution in [0.2, 0.25) is 0 Å². The summed E-state index contributed by atoms with van der Waals surface area (Å²) in [5.41, 5.74) is -0.164. The van der Waals surface area contributed by atoms with Crippen molar-refractivity contribution in [3.05, 3.63) is 0 Å². The smallest absolute Gasteiger partial charge is 0.0684 e. The van der Waals surface area contributed by atoms with Crippen LogP contribution in [0.4, 0.5) is 0 Å². The van der Waals surface area contributed by atoms with Gasteiger partial charge in [0, 0.05) is 0 Å². The summed E-state index contributed by atoms with van der Waals surface area (Å²) in [6, 6.07) is 2.24. The summed E-state index contributed by atoms with van der Waals surface area (Å²) >= 11 is 0. The van der Waals surface area contributed by atoms with Crippen LogP contribution in [-0.2, 0) is 0 Å². The Labute approximate surface area is 84.3 Å². The van der Waals surface area contributed by atoms with E-state index in [0.29, 0.717) is 0 Å². The van der Waals surface area contributed by atoms with Crippen LogP contribution in [0.1, 0.15) is 48.0 Å². The fourth-order valence-electron chi connectivity index (χ4n) is 0.493. The van der Waals surface area contributed by atoms with Crippen molar-refractivity contribution in [1.82, 2.24) is 5.32 Å². The molecule has 0 rings (SSSR count).